The molecule has 3 rings (SSSR count). The Balaban J connectivity index is 1.48. The summed E-state index contributed by atoms with van der Waals surface area (Å²) in [4.78, 5) is 16.6. The van der Waals surface area contributed by atoms with E-state index in [0.717, 1.165) is 38.3 Å². The van der Waals surface area contributed by atoms with Gasteiger partial charge in [0.1, 0.15) is 6.54 Å². The van der Waals surface area contributed by atoms with Gasteiger partial charge in [-0.05, 0) is 30.2 Å². The normalized spacial score (nSPS) is 15.2. The molecule has 0 unspecified atom stereocenters. The van der Waals surface area contributed by atoms with Crippen molar-refractivity contribution in [3.05, 3.63) is 53.3 Å². The fraction of sp³-hybridized carbons (Fsp3) is 0.389. The van der Waals surface area contributed by atoms with Gasteiger partial charge in [-0.1, -0.05) is 12.1 Å². The molecular weight excluding hydrogens is 302 g/mol. The number of carbonyl (C=O) groups excluding carboxylic acids is 1. The molecule has 0 N–H and O–H groups in total. The quantitative estimate of drug-likeness (QED) is 0.853. The summed E-state index contributed by atoms with van der Waals surface area (Å²) in [5, 5.41) is 13.0. The van der Waals surface area contributed by atoms with Crippen LogP contribution in [0.5, 0.6) is 0 Å². The number of nitrogens with zero attached hydrogens (tertiary/aromatic N) is 5. The average Bonchev–Trinajstić information content (AvgIpc) is 3.01. The Morgan fingerprint density at radius 3 is 2.50 bits per heavy atom. The number of carbonyl (C=O) groups is 1. The topological polar surface area (TPSA) is 65.2 Å². The second kappa shape index (κ2) is 7.28. The summed E-state index contributed by atoms with van der Waals surface area (Å²) < 4.78 is 1.70. The monoisotopic (exact) mass is 323 g/mol. The molecule has 1 saturated heterocycles. The molecule has 1 aromatic carbocycles. The number of piperazine rings is 1. The molecule has 1 amide bonds. The third-order valence-corrected chi connectivity index (χ3v) is 4.27. The Kier molecular flexibility index (Phi) is 4.92. The van der Waals surface area contributed by atoms with Crippen LogP contribution in [-0.4, -0.2) is 51.7 Å². The molecular formula is C18H21N5O. The lowest BCUT2D eigenvalue weighted by Gasteiger charge is -2.34. The van der Waals surface area contributed by atoms with Crippen molar-refractivity contribution in [1.29, 1.82) is 5.26 Å². The van der Waals surface area contributed by atoms with Gasteiger partial charge in [-0.2, -0.15) is 10.4 Å². The van der Waals surface area contributed by atoms with Gasteiger partial charge in [0.05, 0.1) is 17.8 Å². The fourth-order valence-electron chi connectivity index (χ4n) is 2.89. The van der Waals surface area contributed by atoms with Crippen LogP contribution < -0.4 is 0 Å². The molecule has 24 heavy (non-hydrogen) atoms. The second-order valence-corrected chi connectivity index (χ2v) is 6.18. The lowest BCUT2D eigenvalue weighted by molar-refractivity contribution is -0.133. The lowest BCUT2D eigenvalue weighted by atomic mass is 10.1. The van der Waals surface area contributed by atoms with Crippen LogP contribution in [0.15, 0.2) is 36.7 Å². The predicted molar refractivity (Wildman–Crippen MR) is 90.0 cm³/mol. The third-order valence-electron chi connectivity index (χ3n) is 4.27. The highest BCUT2D eigenvalue weighted by atomic mass is 16.2. The molecule has 1 aliphatic heterocycles. The largest absolute Gasteiger partial charge is 0.339 e. The highest BCUT2D eigenvalue weighted by Gasteiger charge is 2.21. The smallest absolute Gasteiger partial charge is 0.244 e. The highest BCUT2D eigenvalue weighted by Crippen LogP contribution is 2.10. The molecule has 2 aromatic rings. The third kappa shape index (κ3) is 4.00. The molecule has 1 fully saturated rings. The van der Waals surface area contributed by atoms with Gasteiger partial charge >= 0.3 is 0 Å². The molecule has 1 aromatic heterocycles. The number of nitriles is 1. The maximum Gasteiger partial charge on any atom is 0.244 e. The van der Waals surface area contributed by atoms with Crippen molar-refractivity contribution < 1.29 is 4.79 Å². The number of aromatic nitrogens is 2. The van der Waals surface area contributed by atoms with Crippen LogP contribution in [-0.2, 0) is 17.9 Å². The first-order chi connectivity index (χ1) is 11.6. The van der Waals surface area contributed by atoms with E-state index in [9.17, 15) is 4.79 Å². The minimum atomic E-state index is 0.121. The van der Waals surface area contributed by atoms with Gasteiger partial charge in [-0.3, -0.25) is 14.4 Å². The van der Waals surface area contributed by atoms with E-state index in [0.29, 0.717) is 12.1 Å². The van der Waals surface area contributed by atoms with E-state index >= 15 is 0 Å². The molecule has 2 heterocycles. The summed E-state index contributed by atoms with van der Waals surface area (Å²) in [6.45, 7) is 6.35. The molecule has 1 aliphatic rings. The molecule has 0 aliphatic carbocycles. The summed E-state index contributed by atoms with van der Waals surface area (Å²) in [6, 6.07) is 9.82. The first kappa shape index (κ1) is 16.2. The van der Waals surface area contributed by atoms with Crippen molar-refractivity contribution in [3.63, 3.8) is 0 Å². The van der Waals surface area contributed by atoms with E-state index < -0.39 is 0 Å². The minimum absolute atomic E-state index is 0.121. The number of hydrogen-bond acceptors (Lipinski definition) is 4. The summed E-state index contributed by atoms with van der Waals surface area (Å²) in [6.07, 6.45) is 3.65. The van der Waals surface area contributed by atoms with Gasteiger partial charge in [0, 0.05) is 38.9 Å². The summed E-state index contributed by atoms with van der Waals surface area (Å²) in [7, 11) is 0. The Morgan fingerprint density at radius 1 is 1.21 bits per heavy atom. The lowest BCUT2D eigenvalue weighted by Crippen LogP contribution is -2.49. The van der Waals surface area contributed by atoms with E-state index in [1.807, 2.05) is 42.3 Å². The maximum absolute atomic E-state index is 12.3. The molecule has 0 bridgehead atoms. The zero-order valence-corrected chi connectivity index (χ0v) is 13.9. The van der Waals surface area contributed by atoms with Crippen LogP contribution in [0.4, 0.5) is 0 Å². The van der Waals surface area contributed by atoms with Crippen LogP contribution >= 0.6 is 0 Å². The van der Waals surface area contributed by atoms with Gasteiger partial charge in [0.15, 0.2) is 0 Å². The first-order valence-electron chi connectivity index (χ1n) is 8.12. The summed E-state index contributed by atoms with van der Waals surface area (Å²) >= 11 is 0. The van der Waals surface area contributed by atoms with E-state index in [1.54, 1.807) is 10.9 Å². The summed E-state index contributed by atoms with van der Waals surface area (Å²) in [5.41, 5.74) is 2.94. The number of rotatable bonds is 4. The van der Waals surface area contributed by atoms with Crippen molar-refractivity contribution in [2.24, 2.45) is 0 Å². The predicted octanol–water partition coefficient (Wildman–Crippen LogP) is 1.41. The van der Waals surface area contributed by atoms with Gasteiger partial charge in [0.2, 0.25) is 5.91 Å². The number of benzene rings is 1. The van der Waals surface area contributed by atoms with Crippen LogP contribution in [0, 0.1) is 18.3 Å². The number of amides is 1. The second-order valence-electron chi connectivity index (χ2n) is 6.18. The number of aryl methyl sites for hydroxylation is 1. The Bertz CT molecular complexity index is 736. The Morgan fingerprint density at radius 2 is 1.92 bits per heavy atom. The molecule has 6 heteroatoms. The first-order valence-corrected chi connectivity index (χ1v) is 8.12. The fourth-order valence-corrected chi connectivity index (χ4v) is 2.89. The molecule has 0 atom stereocenters. The molecule has 6 nitrogen and oxygen atoms in total. The van der Waals surface area contributed by atoms with Crippen molar-refractivity contribution in [2.75, 3.05) is 26.2 Å². The maximum atomic E-state index is 12.3. The van der Waals surface area contributed by atoms with E-state index in [-0.39, 0.29) is 5.91 Å². The molecule has 124 valence electrons. The van der Waals surface area contributed by atoms with Crippen molar-refractivity contribution >= 4 is 5.91 Å². The molecule has 0 radical (unpaired) electrons. The van der Waals surface area contributed by atoms with E-state index in [1.165, 1.54) is 5.56 Å². The number of hydrogen-bond donors (Lipinski definition) is 0. The van der Waals surface area contributed by atoms with Gasteiger partial charge < -0.3 is 4.90 Å². The van der Waals surface area contributed by atoms with Crippen LogP contribution in [0.25, 0.3) is 0 Å². The molecule has 0 saturated carbocycles. The summed E-state index contributed by atoms with van der Waals surface area (Å²) in [5.74, 6) is 0.121. The van der Waals surface area contributed by atoms with E-state index in [4.69, 9.17) is 5.26 Å². The van der Waals surface area contributed by atoms with Crippen molar-refractivity contribution in [1.82, 2.24) is 19.6 Å². The standard InChI is InChI=1S/C18H21N5O/c1-15-11-20-23(12-15)14-18(24)22-8-6-21(7-9-22)13-17-4-2-16(10-19)3-5-17/h2-5,11-12H,6-9,13-14H2,1H3. The van der Waals surface area contributed by atoms with Crippen LogP contribution in [0.3, 0.4) is 0 Å². The Hall–Kier alpha value is -2.65. The van der Waals surface area contributed by atoms with Gasteiger partial charge in [-0.25, -0.2) is 0 Å². The highest BCUT2D eigenvalue weighted by molar-refractivity contribution is 5.76. The van der Waals surface area contributed by atoms with Crippen molar-refractivity contribution in [2.45, 2.75) is 20.0 Å². The van der Waals surface area contributed by atoms with Crippen LogP contribution in [0.2, 0.25) is 0 Å². The minimum Gasteiger partial charge on any atom is -0.339 e. The van der Waals surface area contributed by atoms with Crippen molar-refractivity contribution in [3.8, 4) is 6.07 Å². The zero-order chi connectivity index (χ0) is 16.9. The zero-order valence-electron chi connectivity index (χ0n) is 13.9. The Labute approximate surface area is 141 Å². The van der Waals surface area contributed by atoms with Gasteiger partial charge in [-0.15, -0.1) is 0 Å². The van der Waals surface area contributed by atoms with Gasteiger partial charge in [0.25, 0.3) is 0 Å². The van der Waals surface area contributed by atoms with Crippen LogP contribution in [0.1, 0.15) is 16.7 Å². The molecule has 0 spiro atoms. The SMILES string of the molecule is Cc1cnn(CC(=O)N2CCN(Cc3ccc(C#N)cc3)CC2)c1. The average molecular weight is 323 g/mol. The van der Waals surface area contributed by atoms with E-state index in [2.05, 4.69) is 16.1 Å².